The Labute approximate surface area is 394 Å². The van der Waals surface area contributed by atoms with E-state index in [1.165, 1.54) is 54.7 Å². The zero-order valence-electron chi connectivity index (χ0n) is 37.0. The molecule has 0 amide bonds. The maximum atomic E-state index is 5.35. The van der Waals surface area contributed by atoms with Crippen LogP contribution in [-0.2, 0) is 0 Å². The Morgan fingerprint density at radius 2 is 0.544 bits per heavy atom. The SMILES string of the molecule is c1ccc(-c2cccc(-c3ccc(-c4nc(-c5cccc(-c6cccc(-n7c8ccccc8c8ccccc87)c6)c5)cc(-c5cccc(-n6c7ccccc7c7ccccc76)c5)n4)cc3)c2)cc1. The zero-order valence-corrected chi connectivity index (χ0v) is 37.0. The molecular weight excluding hydrogens is 825 g/mol. The molecule has 0 N–H and O–H groups in total. The largest absolute Gasteiger partial charge is 0.309 e. The molecule has 0 saturated carbocycles. The highest BCUT2D eigenvalue weighted by molar-refractivity contribution is 6.10. The molecule has 3 heterocycles. The Morgan fingerprint density at radius 1 is 0.221 bits per heavy atom. The summed E-state index contributed by atoms with van der Waals surface area (Å²) in [7, 11) is 0. The Bertz CT molecular complexity index is 3920. The molecule has 10 aromatic carbocycles. The standard InChI is InChI=1S/C64H42N4/c1-2-16-43(17-3-1)46-18-12-19-47(38-46)44-34-36-45(37-35-44)64-65-58(42-59(66-64)51-23-15-25-53(41-51)68-62-32-10-6-28-56(62)57-29-7-11-33-63(57)68)50-22-13-20-48(39-50)49-21-14-24-52(40-49)67-60-30-8-4-26-54(60)55-27-5-9-31-61(55)67/h1-42H. The fourth-order valence-electron chi connectivity index (χ4n) is 10.1. The summed E-state index contributed by atoms with van der Waals surface area (Å²) in [5.74, 6) is 0.670. The first-order valence-electron chi connectivity index (χ1n) is 23.1. The highest BCUT2D eigenvalue weighted by Crippen LogP contribution is 2.37. The van der Waals surface area contributed by atoms with Crippen LogP contribution in [0.3, 0.4) is 0 Å². The molecule has 3 aromatic heterocycles. The predicted molar refractivity (Wildman–Crippen MR) is 283 cm³/mol. The molecule has 13 aromatic rings. The van der Waals surface area contributed by atoms with Crippen molar-refractivity contribution in [1.82, 2.24) is 19.1 Å². The molecule has 0 radical (unpaired) electrons. The van der Waals surface area contributed by atoms with E-state index in [2.05, 4.69) is 264 Å². The van der Waals surface area contributed by atoms with E-state index < -0.39 is 0 Å². The normalized spacial score (nSPS) is 11.5. The molecule has 318 valence electrons. The van der Waals surface area contributed by atoms with Crippen molar-refractivity contribution in [2.45, 2.75) is 0 Å². The maximum Gasteiger partial charge on any atom is 0.160 e. The monoisotopic (exact) mass is 866 g/mol. The molecule has 0 spiro atoms. The van der Waals surface area contributed by atoms with E-state index >= 15 is 0 Å². The molecule has 4 heteroatoms. The summed E-state index contributed by atoms with van der Waals surface area (Å²) in [6, 6.07) is 91.1. The van der Waals surface area contributed by atoms with Crippen LogP contribution in [0.5, 0.6) is 0 Å². The third kappa shape index (κ3) is 6.86. The lowest BCUT2D eigenvalue weighted by Crippen LogP contribution is -1.98. The van der Waals surface area contributed by atoms with Crippen molar-refractivity contribution in [3.05, 3.63) is 255 Å². The molecule has 0 bridgehead atoms. The van der Waals surface area contributed by atoms with Gasteiger partial charge >= 0.3 is 0 Å². The van der Waals surface area contributed by atoms with Gasteiger partial charge in [-0.3, -0.25) is 0 Å². The predicted octanol–water partition coefficient (Wildman–Crippen LogP) is 16.7. The van der Waals surface area contributed by atoms with Crippen molar-refractivity contribution in [1.29, 1.82) is 0 Å². The van der Waals surface area contributed by atoms with E-state index in [4.69, 9.17) is 9.97 Å². The van der Waals surface area contributed by atoms with Crippen molar-refractivity contribution in [2.24, 2.45) is 0 Å². The van der Waals surface area contributed by atoms with Crippen LogP contribution >= 0.6 is 0 Å². The van der Waals surface area contributed by atoms with E-state index in [0.29, 0.717) is 5.82 Å². The lowest BCUT2D eigenvalue weighted by molar-refractivity contribution is 1.16. The van der Waals surface area contributed by atoms with E-state index in [0.717, 1.165) is 61.7 Å². The molecule has 4 nitrogen and oxygen atoms in total. The van der Waals surface area contributed by atoms with Gasteiger partial charge in [0.05, 0.1) is 33.5 Å². The van der Waals surface area contributed by atoms with Gasteiger partial charge in [0.25, 0.3) is 0 Å². The fourth-order valence-corrected chi connectivity index (χ4v) is 10.1. The Hall–Kier alpha value is -9.12. The van der Waals surface area contributed by atoms with Gasteiger partial charge in [-0.05, 0) is 100 Å². The van der Waals surface area contributed by atoms with Crippen LogP contribution in [0.15, 0.2) is 255 Å². The van der Waals surface area contributed by atoms with Crippen LogP contribution in [0.4, 0.5) is 0 Å². The van der Waals surface area contributed by atoms with Crippen LogP contribution in [0.2, 0.25) is 0 Å². The molecule has 0 saturated heterocycles. The smallest absolute Gasteiger partial charge is 0.160 e. The van der Waals surface area contributed by atoms with Crippen LogP contribution in [0.1, 0.15) is 0 Å². The summed E-state index contributed by atoms with van der Waals surface area (Å²) >= 11 is 0. The zero-order chi connectivity index (χ0) is 45.0. The highest BCUT2D eigenvalue weighted by Gasteiger charge is 2.17. The molecule has 0 aliphatic carbocycles. The Morgan fingerprint density at radius 3 is 1.04 bits per heavy atom. The first kappa shape index (κ1) is 39.3. The Kier molecular flexibility index (Phi) is 9.47. The molecule has 0 atom stereocenters. The topological polar surface area (TPSA) is 35.6 Å². The summed E-state index contributed by atoms with van der Waals surface area (Å²) in [5, 5.41) is 4.96. The minimum atomic E-state index is 0.670. The fraction of sp³-hybridized carbons (Fsp3) is 0. The number of hydrogen-bond donors (Lipinski definition) is 0. The number of rotatable bonds is 8. The first-order valence-corrected chi connectivity index (χ1v) is 23.1. The maximum absolute atomic E-state index is 5.35. The van der Waals surface area contributed by atoms with Crippen molar-refractivity contribution >= 4 is 43.6 Å². The van der Waals surface area contributed by atoms with Gasteiger partial charge in [-0.1, -0.05) is 188 Å². The third-order valence-corrected chi connectivity index (χ3v) is 13.3. The molecule has 0 aliphatic heterocycles. The average Bonchev–Trinajstić information content (AvgIpc) is 3.94. The number of benzene rings is 10. The van der Waals surface area contributed by atoms with E-state index in [1.807, 2.05) is 0 Å². The summed E-state index contributed by atoms with van der Waals surface area (Å²) in [4.78, 5) is 10.7. The van der Waals surface area contributed by atoms with Gasteiger partial charge in [-0.25, -0.2) is 9.97 Å². The highest BCUT2D eigenvalue weighted by atomic mass is 15.0. The van der Waals surface area contributed by atoms with Gasteiger partial charge in [-0.2, -0.15) is 0 Å². The number of hydrogen-bond acceptors (Lipinski definition) is 2. The third-order valence-electron chi connectivity index (χ3n) is 13.3. The van der Waals surface area contributed by atoms with E-state index in [9.17, 15) is 0 Å². The van der Waals surface area contributed by atoms with Gasteiger partial charge in [0.15, 0.2) is 5.82 Å². The van der Waals surface area contributed by atoms with Crippen molar-refractivity contribution < 1.29 is 0 Å². The summed E-state index contributed by atoms with van der Waals surface area (Å²) in [6.45, 7) is 0. The van der Waals surface area contributed by atoms with Crippen molar-refractivity contribution in [3.8, 4) is 78.7 Å². The minimum Gasteiger partial charge on any atom is -0.309 e. The average molecular weight is 867 g/mol. The van der Waals surface area contributed by atoms with E-state index in [-0.39, 0.29) is 0 Å². The summed E-state index contributed by atoms with van der Waals surface area (Å²) < 4.78 is 4.74. The molecule has 13 rings (SSSR count). The van der Waals surface area contributed by atoms with Gasteiger partial charge in [-0.15, -0.1) is 0 Å². The van der Waals surface area contributed by atoms with E-state index in [1.54, 1.807) is 0 Å². The summed E-state index contributed by atoms with van der Waals surface area (Å²) in [6.07, 6.45) is 0. The van der Waals surface area contributed by atoms with Gasteiger partial charge in [0, 0.05) is 49.6 Å². The van der Waals surface area contributed by atoms with Gasteiger partial charge in [0.2, 0.25) is 0 Å². The summed E-state index contributed by atoms with van der Waals surface area (Å²) in [5.41, 5.74) is 18.5. The van der Waals surface area contributed by atoms with Crippen LogP contribution < -0.4 is 0 Å². The van der Waals surface area contributed by atoms with Gasteiger partial charge < -0.3 is 9.13 Å². The minimum absolute atomic E-state index is 0.670. The number of nitrogens with zero attached hydrogens (tertiary/aromatic N) is 4. The molecule has 68 heavy (non-hydrogen) atoms. The van der Waals surface area contributed by atoms with Gasteiger partial charge in [0.1, 0.15) is 0 Å². The number of aromatic nitrogens is 4. The first-order chi connectivity index (χ1) is 33.7. The number of fused-ring (bicyclic) bond motifs is 6. The second-order valence-corrected chi connectivity index (χ2v) is 17.4. The quantitative estimate of drug-likeness (QED) is 0.153. The van der Waals surface area contributed by atoms with Crippen molar-refractivity contribution in [2.75, 3.05) is 0 Å². The second kappa shape index (κ2) is 16.4. The second-order valence-electron chi connectivity index (χ2n) is 17.4. The molecular formula is C64H42N4. The number of para-hydroxylation sites is 4. The van der Waals surface area contributed by atoms with Crippen LogP contribution in [-0.4, -0.2) is 19.1 Å². The Balaban J connectivity index is 0.927. The molecule has 0 aliphatic rings. The van der Waals surface area contributed by atoms with Crippen molar-refractivity contribution in [3.63, 3.8) is 0 Å². The lowest BCUT2D eigenvalue weighted by atomic mass is 9.98. The van der Waals surface area contributed by atoms with Crippen LogP contribution in [0.25, 0.3) is 122 Å². The molecule has 0 fully saturated rings. The lowest BCUT2D eigenvalue weighted by Gasteiger charge is -2.13. The van der Waals surface area contributed by atoms with Crippen LogP contribution in [0, 0.1) is 0 Å². The molecule has 0 unspecified atom stereocenters.